The number of H-pyrrole nitrogens is 1. The molecule has 1 amide bonds. The number of amides is 1. The van der Waals surface area contributed by atoms with Crippen molar-refractivity contribution in [1.82, 2.24) is 9.88 Å². The van der Waals surface area contributed by atoms with Crippen LogP contribution in [0.5, 0.6) is 0 Å². The number of carbonyl (C=O) groups excluding carboxylic acids is 1. The summed E-state index contributed by atoms with van der Waals surface area (Å²) in [5.74, 6) is -0.0494. The molecule has 0 aliphatic carbocycles. The second-order valence-electron chi connectivity index (χ2n) is 4.21. The zero-order valence-electron chi connectivity index (χ0n) is 10.5. The van der Waals surface area contributed by atoms with Crippen molar-refractivity contribution in [2.75, 3.05) is 13.1 Å². The van der Waals surface area contributed by atoms with Crippen LogP contribution in [-0.2, 0) is 6.54 Å². The van der Waals surface area contributed by atoms with Crippen LogP contribution in [0.4, 0.5) is 0 Å². The molecule has 2 aromatic rings. The van der Waals surface area contributed by atoms with Crippen molar-refractivity contribution in [2.24, 2.45) is 5.73 Å². The Balaban J connectivity index is 2.17. The van der Waals surface area contributed by atoms with E-state index in [2.05, 4.69) is 4.98 Å². The Hall–Kier alpha value is -1.78. The molecule has 0 aliphatic heterocycles. The number of aromatic amines is 1. The Morgan fingerprint density at radius 3 is 2.74 bits per heavy atom. The lowest BCUT2D eigenvalue weighted by Gasteiger charge is -2.22. The number of hydrogen-bond acceptors (Lipinski definition) is 2. The number of benzene rings is 1. The fraction of sp³-hybridized carbons (Fsp3) is 0.214. The van der Waals surface area contributed by atoms with Gasteiger partial charge in [-0.1, -0.05) is 29.8 Å². The molecule has 0 saturated carbocycles. The lowest BCUT2D eigenvalue weighted by molar-refractivity contribution is 0.0748. The summed E-state index contributed by atoms with van der Waals surface area (Å²) in [6.45, 7) is 1.37. The number of nitrogens with zero attached hydrogens (tertiary/aromatic N) is 1. The van der Waals surface area contributed by atoms with E-state index in [0.29, 0.717) is 30.2 Å². The van der Waals surface area contributed by atoms with Crippen molar-refractivity contribution < 1.29 is 4.79 Å². The summed E-state index contributed by atoms with van der Waals surface area (Å²) in [7, 11) is 0. The molecule has 0 radical (unpaired) electrons. The smallest absolute Gasteiger partial charge is 0.255 e. The molecule has 5 heteroatoms. The van der Waals surface area contributed by atoms with Gasteiger partial charge in [-0.25, -0.2) is 0 Å². The summed E-state index contributed by atoms with van der Waals surface area (Å²) in [5.41, 5.74) is 7.12. The minimum atomic E-state index is -0.0494. The van der Waals surface area contributed by atoms with Gasteiger partial charge < -0.3 is 15.6 Å². The van der Waals surface area contributed by atoms with Gasteiger partial charge in [0.25, 0.3) is 5.91 Å². The summed E-state index contributed by atoms with van der Waals surface area (Å²) in [5, 5.41) is 0.659. The average Bonchev–Trinajstić information content (AvgIpc) is 2.94. The van der Waals surface area contributed by atoms with Crippen LogP contribution in [0.2, 0.25) is 5.02 Å². The standard InChI is InChI=1S/C14H16ClN3O/c15-13-4-2-1-3-12(13)10-18(8-6-16)14(19)11-5-7-17-9-11/h1-5,7,9,17H,6,8,10,16H2. The van der Waals surface area contributed by atoms with E-state index >= 15 is 0 Å². The highest BCUT2D eigenvalue weighted by atomic mass is 35.5. The van der Waals surface area contributed by atoms with E-state index in [1.807, 2.05) is 24.3 Å². The first kappa shape index (κ1) is 13.6. The third-order valence-electron chi connectivity index (χ3n) is 2.85. The van der Waals surface area contributed by atoms with Crippen LogP contribution in [0.25, 0.3) is 0 Å². The van der Waals surface area contributed by atoms with Gasteiger partial charge in [0.2, 0.25) is 0 Å². The van der Waals surface area contributed by atoms with Crippen LogP contribution < -0.4 is 5.73 Å². The van der Waals surface area contributed by atoms with Gasteiger partial charge in [-0.3, -0.25) is 4.79 Å². The number of hydrogen-bond donors (Lipinski definition) is 2. The second-order valence-corrected chi connectivity index (χ2v) is 4.61. The van der Waals surface area contributed by atoms with Crippen molar-refractivity contribution in [2.45, 2.75) is 6.54 Å². The molecule has 1 aromatic heterocycles. The van der Waals surface area contributed by atoms with Gasteiger partial charge in [-0.05, 0) is 17.7 Å². The second kappa shape index (κ2) is 6.41. The van der Waals surface area contributed by atoms with E-state index in [4.69, 9.17) is 17.3 Å². The molecular formula is C14H16ClN3O. The molecule has 0 aliphatic rings. The number of carbonyl (C=O) groups is 1. The maximum absolute atomic E-state index is 12.3. The summed E-state index contributed by atoms with van der Waals surface area (Å²) in [6.07, 6.45) is 3.40. The number of halogens is 1. The van der Waals surface area contributed by atoms with Gasteiger partial charge in [-0.15, -0.1) is 0 Å². The monoisotopic (exact) mass is 277 g/mol. The van der Waals surface area contributed by atoms with Crippen LogP contribution >= 0.6 is 11.6 Å². The Labute approximate surface area is 117 Å². The number of aromatic nitrogens is 1. The van der Waals surface area contributed by atoms with Crippen molar-refractivity contribution in [3.05, 3.63) is 58.9 Å². The first-order valence-electron chi connectivity index (χ1n) is 6.08. The highest BCUT2D eigenvalue weighted by Crippen LogP contribution is 2.18. The van der Waals surface area contributed by atoms with E-state index in [9.17, 15) is 4.79 Å². The van der Waals surface area contributed by atoms with Gasteiger partial charge in [0, 0.05) is 37.1 Å². The molecule has 0 unspecified atom stereocenters. The first-order valence-corrected chi connectivity index (χ1v) is 6.45. The van der Waals surface area contributed by atoms with Gasteiger partial charge in [0.1, 0.15) is 0 Å². The zero-order chi connectivity index (χ0) is 13.7. The Kier molecular flexibility index (Phi) is 4.60. The third-order valence-corrected chi connectivity index (χ3v) is 3.22. The van der Waals surface area contributed by atoms with Crippen LogP contribution in [0.3, 0.4) is 0 Å². The molecule has 2 rings (SSSR count). The van der Waals surface area contributed by atoms with E-state index < -0.39 is 0 Å². The summed E-state index contributed by atoms with van der Waals surface area (Å²) in [6, 6.07) is 9.25. The van der Waals surface area contributed by atoms with Gasteiger partial charge >= 0.3 is 0 Å². The molecule has 0 bridgehead atoms. The Bertz CT molecular complexity index is 539. The lowest BCUT2D eigenvalue weighted by atomic mass is 10.2. The molecule has 3 N–H and O–H groups in total. The predicted molar refractivity (Wildman–Crippen MR) is 76.0 cm³/mol. The maximum atomic E-state index is 12.3. The Morgan fingerprint density at radius 2 is 2.11 bits per heavy atom. The van der Waals surface area contributed by atoms with E-state index in [-0.39, 0.29) is 5.91 Å². The van der Waals surface area contributed by atoms with Gasteiger partial charge in [0.05, 0.1) is 5.56 Å². The summed E-state index contributed by atoms with van der Waals surface area (Å²) < 4.78 is 0. The minimum absolute atomic E-state index is 0.0494. The van der Waals surface area contributed by atoms with Crippen molar-refractivity contribution in [3.8, 4) is 0 Å². The molecule has 1 aromatic carbocycles. The van der Waals surface area contributed by atoms with Crippen molar-refractivity contribution in [1.29, 1.82) is 0 Å². The maximum Gasteiger partial charge on any atom is 0.255 e. The van der Waals surface area contributed by atoms with Gasteiger partial charge in [0.15, 0.2) is 0 Å². The fourth-order valence-electron chi connectivity index (χ4n) is 1.88. The molecule has 0 spiro atoms. The highest BCUT2D eigenvalue weighted by Gasteiger charge is 2.16. The first-order chi connectivity index (χ1) is 9.22. The van der Waals surface area contributed by atoms with Gasteiger partial charge in [-0.2, -0.15) is 0 Å². The summed E-state index contributed by atoms with van der Waals surface area (Å²) in [4.78, 5) is 16.9. The van der Waals surface area contributed by atoms with Crippen LogP contribution in [0, 0.1) is 0 Å². The molecule has 0 atom stereocenters. The molecule has 0 fully saturated rings. The quantitative estimate of drug-likeness (QED) is 0.881. The molecule has 1 heterocycles. The molecule has 19 heavy (non-hydrogen) atoms. The number of rotatable bonds is 5. The molecule has 100 valence electrons. The lowest BCUT2D eigenvalue weighted by Crippen LogP contribution is -2.34. The minimum Gasteiger partial charge on any atom is -0.367 e. The number of nitrogens with one attached hydrogen (secondary N) is 1. The molecule has 4 nitrogen and oxygen atoms in total. The van der Waals surface area contributed by atoms with Crippen molar-refractivity contribution in [3.63, 3.8) is 0 Å². The predicted octanol–water partition coefficient (Wildman–Crippen LogP) is 2.27. The average molecular weight is 278 g/mol. The normalized spacial score (nSPS) is 10.4. The van der Waals surface area contributed by atoms with Crippen LogP contribution in [0.15, 0.2) is 42.7 Å². The molecular weight excluding hydrogens is 262 g/mol. The topological polar surface area (TPSA) is 62.1 Å². The molecule has 0 saturated heterocycles. The van der Waals surface area contributed by atoms with E-state index in [1.54, 1.807) is 23.4 Å². The summed E-state index contributed by atoms with van der Waals surface area (Å²) >= 11 is 6.12. The fourth-order valence-corrected chi connectivity index (χ4v) is 2.08. The zero-order valence-corrected chi connectivity index (χ0v) is 11.2. The van der Waals surface area contributed by atoms with Crippen LogP contribution in [0.1, 0.15) is 15.9 Å². The third kappa shape index (κ3) is 3.36. The Morgan fingerprint density at radius 1 is 1.32 bits per heavy atom. The highest BCUT2D eigenvalue weighted by molar-refractivity contribution is 6.31. The largest absolute Gasteiger partial charge is 0.367 e. The number of nitrogens with two attached hydrogens (primary N) is 1. The van der Waals surface area contributed by atoms with Crippen LogP contribution in [-0.4, -0.2) is 28.9 Å². The van der Waals surface area contributed by atoms with Crippen molar-refractivity contribution >= 4 is 17.5 Å². The van der Waals surface area contributed by atoms with E-state index in [1.165, 1.54) is 0 Å². The SMILES string of the molecule is NCCN(Cc1ccccc1Cl)C(=O)c1cc[nH]c1. The van der Waals surface area contributed by atoms with E-state index in [0.717, 1.165) is 5.56 Å².